The highest BCUT2D eigenvalue weighted by Crippen LogP contribution is 2.35. The van der Waals surface area contributed by atoms with Crippen LogP contribution in [-0.2, 0) is 0 Å². The van der Waals surface area contributed by atoms with Crippen molar-refractivity contribution in [3.8, 4) is 16.9 Å². The Morgan fingerprint density at radius 2 is 1.36 bits per heavy atom. The van der Waals surface area contributed by atoms with E-state index in [9.17, 15) is 0 Å². The average molecular weight is 363 g/mol. The van der Waals surface area contributed by atoms with E-state index < -0.39 is 0 Å². The van der Waals surface area contributed by atoms with Gasteiger partial charge in [0.25, 0.3) is 0 Å². The van der Waals surface area contributed by atoms with Gasteiger partial charge in [-0.3, -0.25) is 0 Å². The van der Waals surface area contributed by atoms with E-state index in [2.05, 4.69) is 92.7 Å². The summed E-state index contributed by atoms with van der Waals surface area (Å²) in [6.45, 7) is 0. The first kappa shape index (κ1) is 16.2. The molecule has 3 aromatic carbocycles. The van der Waals surface area contributed by atoms with Gasteiger partial charge in [-0.05, 0) is 23.8 Å². The summed E-state index contributed by atoms with van der Waals surface area (Å²) in [4.78, 5) is 0. The van der Waals surface area contributed by atoms with Crippen LogP contribution >= 0.6 is 0 Å². The zero-order valence-electron chi connectivity index (χ0n) is 15.1. The second kappa shape index (κ2) is 6.96. The van der Waals surface area contributed by atoms with Gasteiger partial charge in [0.15, 0.2) is 0 Å². The minimum Gasteiger partial charge on any atom is -0.309 e. The Morgan fingerprint density at radius 1 is 0.714 bits per heavy atom. The Bertz CT molecular complexity index is 1240. The van der Waals surface area contributed by atoms with Crippen molar-refractivity contribution in [3.05, 3.63) is 103 Å². The third-order valence-corrected chi connectivity index (χ3v) is 4.70. The fourth-order valence-corrected chi connectivity index (χ4v) is 3.50. The van der Waals surface area contributed by atoms with E-state index in [0.717, 1.165) is 33.4 Å². The second-order valence-corrected chi connectivity index (χ2v) is 6.40. The number of hydrogen-bond donors (Lipinski definition) is 0. The molecule has 28 heavy (non-hydrogen) atoms. The highest BCUT2D eigenvalue weighted by atomic mass is 15.4. The smallest absolute Gasteiger partial charge is 0.141 e. The lowest BCUT2D eigenvalue weighted by molar-refractivity contribution is 0.878. The summed E-state index contributed by atoms with van der Waals surface area (Å²) in [7, 11) is 0. The maximum Gasteiger partial charge on any atom is 0.141 e. The fourth-order valence-electron chi connectivity index (χ4n) is 3.50. The third kappa shape index (κ3) is 2.79. The van der Waals surface area contributed by atoms with E-state index in [1.165, 1.54) is 0 Å². The molecule has 0 fully saturated rings. The molecule has 0 aliphatic heterocycles. The minimum atomic E-state index is 1.05. The SMILES string of the molecule is C(=Nn1cnnc1)c1c(-c2ccccc2)n(-c2ccccc2)c2ccccc12. The first-order valence-electron chi connectivity index (χ1n) is 9.05. The highest BCUT2D eigenvalue weighted by molar-refractivity contribution is 6.07. The van der Waals surface area contributed by atoms with Crippen molar-refractivity contribution in [2.24, 2.45) is 5.10 Å². The molecule has 0 N–H and O–H groups in total. The average Bonchev–Trinajstić information content (AvgIpc) is 3.39. The zero-order chi connectivity index (χ0) is 18.8. The van der Waals surface area contributed by atoms with Crippen LogP contribution in [0.4, 0.5) is 0 Å². The molecule has 0 bridgehead atoms. The van der Waals surface area contributed by atoms with Crippen molar-refractivity contribution in [1.29, 1.82) is 0 Å². The molecule has 0 atom stereocenters. The van der Waals surface area contributed by atoms with E-state index in [1.807, 2.05) is 18.3 Å². The molecule has 5 nitrogen and oxygen atoms in total. The molecule has 5 aromatic rings. The van der Waals surface area contributed by atoms with Crippen molar-refractivity contribution < 1.29 is 0 Å². The summed E-state index contributed by atoms with van der Waals surface area (Å²) >= 11 is 0. The van der Waals surface area contributed by atoms with Gasteiger partial charge in [-0.25, -0.2) is 4.68 Å². The summed E-state index contributed by atoms with van der Waals surface area (Å²) in [6, 6.07) is 29.2. The summed E-state index contributed by atoms with van der Waals surface area (Å²) in [5.74, 6) is 0. The minimum absolute atomic E-state index is 1.05. The van der Waals surface area contributed by atoms with Gasteiger partial charge in [0, 0.05) is 16.6 Å². The lowest BCUT2D eigenvalue weighted by Crippen LogP contribution is -1.98. The predicted molar refractivity (Wildman–Crippen MR) is 112 cm³/mol. The maximum absolute atomic E-state index is 4.53. The summed E-state index contributed by atoms with van der Waals surface area (Å²) in [6.07, 6.45) is 5.04. The van der Waals surface area contributed by atoms with Crippen LogP contribution in [0.25, 0.3) is 27.8 Å². The van der Waals surface area contributed by atoms with Gasteiger partial charge < -0.3 is 4.57 Å². The van der Waals surface area contributed by atoms with E-state index in [-0.39, 0.29) is 0 Å². The molecule has 0 radical (unpaired) electrons. The summed E-state index contributed by atoms with van der Waals surface area (Å²) in [5, 5.41) is 13.3. The lowest BCUT2D eigenvalue weighted by Gasteiger charge is -2.12. The van der Waals surface area contributed by atoms with E-state index in [1.54, 1.807) is 17.3 Å². The molecule has 5 rings (SSSR count). The van der Waals surface area contributed by atoms with E-state index in [4.69, 9.17) is 0 Å². The number of hydrogen-bond acceptors (Lipinski definition) is 3. The van der Waals surface area contributed by atoms with Crippen molar-refractivity contribution in [2.45, 2.75) is 0 Å². The fraction of sp³-hybridized carbons (Fsp3) is 0. The second-order valence-electron chi connectivity index (χ2n) is 6.40. The highest BCUT2D eigenvalue weighted by Gasteiger charge is 2.18. The van der Waals surface area contributed by atoms with Gasteiger partial charge in [0.2, 0.25) is 0 Å². The van der Waals surface area contributed by atoms with Gasteiger partial charge >= 0.3 is 0 Å². The largest absolute Gasteiger partial charge is 0.309 e. The van der Waals surface area contributed by atoms with E-state index >= 15 is 0 Å². The van der Waals surface area contributed by atoms with Crippen LogP contribution in [0.5, 0.6) is 0 Å². The molecule has 0 saturated carbocycles. The van der Waals surface area contributed by atoms with Gasteiger partial charge in [0.1, 0.15) is 12.7 Å². The Hall–Kier alpha value is -3.99. The molecular formula is C23H17N5. The number of para-hydroxylation sites is 2. The topological polar surface area (TPSA) is 48.0 Å². The molecule has 134 valence electrons. The van der Waals surface area contributed by atoms with Gasteiger partial charge in [-0.15, -0.1) is 10.2 Å². The van der Waals surface area contributed by atoms with E-state index in [0.29, 0.717) is 0 Å². The van der Waals surface area contributed by atoms with Gasteiger partial charge in [0.05, 0.1) is 17.4 Å². The Morgan fingerprint density at radius 3 is 2.11 bits per heavy atom. The molecular weight excluding hydrogens is 346 g/mol. The monoisotopic (exact) mass is 363 g/mol. The molecule has 0 amide bonds. The molecule has 5 heteroatoms. The standard InChI is InChI=1S/C23H17N5/c1-3-9-18(10-4-1)23-21(15-26-27-16-24-25-17-27)20-13-7-8-14-22(20)28(23)19-11-5-2-6-12-19/h1-17H. The maximum atomic E-state index is 4.53. The van der Waals surface area contributed by atoms with Crippen LogP contribution < -0.4 is 0 Å². The summed E-state index contributed by atoms with van der Waals surface area (Å²) < 4.78 is 3.89. The van der Waals surface area contributed by atoms with Crippen LogP contribution in [0, 0.1) is 0 Å². The first-order chi connectivity index (χ1) is 13.9. The van der Waals surface area contributed by atoms with Crippen LogP contribution in [0.1, 0.15) is 5.56 Å². The lowest BCUT2D eigenvalue weighted by atomic mass is 10.1. The first-order valence-corrected chi connectivity index (χ1v) is 9.05. The number of aromatic nitrogens is 4. The van der Waals surface area contributed by atoms with Gasteiger partial charge in [-0.2, -0.15) is 5.10 Å². The third-order valence-electron chi connectivity index (χ3n) is 4.70. The predicted octanol–water partition coefficient (Wildman–Crippen LogP) is 4.77. The van der Waals surface area contributed by atoms with Crippen molar-refractivity contribution >= 4 is 17.1 Å². The zero-order valence-corrected chi connectivity index (χ0v) is 15.1. The van der Waals surface area contributed by atoms with Crippen molar-refractivity contribution in [2.75, 3.05) is 0 Å². The van der Waals surface area contributed by atoms with Crippen molar-refractivity contribution in [3.63, 3.8) is 0 Å². The van der Waals surface area contributed by atoms with Crippen LogP contribution in [0.15, 0.2) is 103 Å². The van der Waals surface area contributed by atoms with Gasteiger partial charge in [-0.1, -0.05) is 66.7 Å². The van der Waals surface area contributed by atoms with Crippen LogP contribution in [0.2, 0.25) is 0 Å². The van der Waals surface area contributed by atoms with Crippen molar-refractivity contribution in [1.82, 2.24) is 19.4 Å². The van der Waals surface area contributed by atoms with Crippen LogP contribution in [0.3, 0.4) is 0 Å². The Balaban J connectivity index is 1.85. The number of nitrogens with zero attached hydrogens (tertiary/aromatic N) is 5. The van der Waals surface area contributed by atoms with Crippen LogP contribution in [-0.4, -0.2) is 25.7 Å². The number of benzene rings is 3. The quantitative estimate of drug-likeness (QED) is 0.432. The Labute approximate surface area is 162 Å². The molecule has 0 unspecified atom stereocenters. The molecule has 0 aliphatic carbocycles. The number of rotatable bonds is 4. The molecule has 2 heterocycles. The molecule has 2 aromatic heterocycles. The number of fused-ring (bicyclic) bond motifs is 1. The Kier molecular flexibility index (Phi) is 4.03. The summed E-state index contributed by atoms with van der Waals surface area (Å²) in [5.41, 5.74) is 5.54. The molecule has 0 aliphatic rings. The molecule has 0 spiro atoms. The normalized spacial score (nSPS) is 11.4. The molecule has 0 saturated heterocycles.